The molecule has 0 heterocycles. The van der Waals surface area contributed by atoms with Crippen LogP contribution in [-0.2, 0) is 10.0 Å². The van der Waals surface area contributed by atoms with Gasteiger partial charge in [0.25, 0.3) is 15.7 Å². The highest BCUT2D eigenvalue weighted by molar-refractivity contribution is 7.92. The molecular formula is C14H12N2O5S. The summed E-state index contributed by atoms with van der Waals surface area (Å²) < 4.78 is 26.7. The fourth-order valence-electron chi connectivity index (χ4n) is 1.77. The Balaban J connectivity index is 2.29. The molecule has 0 aromatic heterocycles. The van der Waals surface area contributed by atoms with Gasteiger partial charge < -0.3 is 0 Å². The zero-order chi connectivity index (χ0) is 16.3. The lowest BCUT2D eigenvalue weighted by Gasteiger charge is -2.08. The fraction of sp³-hybridized carbons (Fsp3) is 0.0714. The third-order valence-corrected chi connectivity index (χ3v) is 4.28. The van der Waals surface area contributed by atoms with E-state index >= 15 is 0 Å². The number of non-ortho nitro benzene ring substituents is 1. The number of sulfonamides is 1. The van der Waals surface area contributed by atoms with Crippen molar-refractivity contribution in [2.45, 2.75) is 11.8 Å². The zero-order valence-electron chi connectivity index (χ0n) is 11.5. The lowest BCUT2D eigenvalue weighted by Crippen LogP contribution is -2.13. The number of nitro groups is 1. The highest BCUT2D eigenvalue weighted by atomic mass is 32.2. The van der Waals surface area contributed by atoms with E-state index in [9.17, 15) is 23.3 Å². The van der Waals surface area contributed by atoms with Gasteiger partial charge in [0, 0.05) is 17.7 Å². The highest BCUT2D eigenvalue weighted by Crippen LogP contribution is 2.21. The average Bonchev–Trinajstić information content (AvgIpc) is 2.47. The minimum Gasteiger partial charge on any atom is -0.295 e. The van der Waals surface area contributed by atoms with E-state index < -0.39 is 14.9 Å². The second kappa shape index (κ2) is 5.94. The second-order valence-electron chi connectivity index (χ2n) is 4.49. The molecule has 0 spiro atoms. The van der Waals surface area contributed by atoms with E-state index in [0.717, 1.165) is 6.07 Å². The van der Waals surface area contributed by atoms with Gasteiger partial charge in [-0.3, -0.25) is 19.6 Å². The van der Waals surface area contributed by atoms with Crippen molar-refractivity contribution in [2.75, 3.05) is 4.72 Å². The van der Waals surface area contributed by atoms with Gasteiger partial charge in [0.15, 0.2) is 5.78 Å². The largest absolute Gasteiger partial charge is 0.295 e. The van der Waals surface area contributed by atoms with Crippen LogP contribution in [-0.4, -0.2) is 19.1 Å². The number of hydrogen-bond acceptors (Lipinski definition) is 5. The van der Waals surface area contributed by atoms with Crippen LogP contribution in [0, 0.1) is 10.1 Å². The SMILES string of the molecule is CC(=O)c1ccc(S(=O)(=O)Nc2cccc([N+](=O)[O-])c2)cc1. The van der Waals surface area contributed by atoms with Crippen molar-refractivity contribution >= 4 is 27.2 Å². The first-order valence-corrected chi connectivity index (χ1v) is 7.66. The first-order valence-electron chi connectivity index (χ1n) is 6.18. The molecule has 0 saturated heterocycles. The van der Waals surface area contributed by atoms with E-state index in [1.807, 2.05) is 0 Å². The van der Waals surface area contributed by atoms with Crippen LogP contribution in [0.15, 0.2) is 53.4 Å². The van der Waals surface area contributed by atoms with E-state index in [0.29, 0.717) is 5.56 Å². The number of nitrogens with one attached hydrogen (secondary N) is 1. The van der Waals surface area contributed by atoms with Crippen LogP contribution >= 0.6 is 0 Å². The van der Waals surface area contributed by atoms with Crippen LogP contribution in [0.5, 0.6) is 0 Å². The number of hydrogen-bond donors (Lipinski definition) is 1. The molecule has 0 aliphatic carbocycles. The minimum atomic E-state index is -3.88. The van der Waals surface area contributed by atoms with E-state index in [1.54, 1.807) is 0 Å². The van der Waals surface area contributed by atoms with Crippen molar-refractivity contribution in [1.29, 1.82) is 0 Å². The number of nitro benzene ring substituents is 1. The van der Waals surface area contributed by atoms with Gasteiger partial charge in [0.2, 0.25) is 0 Å². The van der Waals surface area contributed by atoms with Crippen LogP contribution in [0.25, 0.3) is 0 Å². The van der Waals surface area contributed by atoms with Crippen molar-refractivity contribution in [3.05, 3.63) is 64.2 Å². The maximum atomic E-state index is 12.2. The number of Topliss-reactive ketones (excluding diaryl/α,β-unsaturated/α-hetero) is 1. The summed E-state index contributed by atoms with van der Waals surface area (Å²) in [5.41, 5.74) is 0.270. The normalized spacial score (nSPS) is 11.0. The molecule has 2 rings (SSSR count). The first-order chi connectivity index (χ1) is 10.3. The summed E-state index contributed by atoms with van der Waals surface area (Å²) in [6.45, 7) is 1.38. The van der Waals surface area contributed by atoms with Gasteiger partial charge in [0.05, 0.1) is 15.5 Å². The van der Waals surface area contributed by atoms with Gasteiger partial charge in [-0.05, 0) is 25.1 Å². The van der Waals surface area contributed by atoms with Crippen molar-refractivity contribution < 1.29 is 18.1 Å². The molecule has 1 N–H and O–H groups in total. The van der Waals surface area contributed by atoms with Gasteiger partial charge in [-0.25, -0.2) is 8.42 Å². The Morgan fingerprint density at radius 3 is 2.32 bits per heavy atom. The number of carbonyl (C=O) groups is 1. The Morgan fingerprint density at radius 2 is 1.77 bits per heavy atom. The molecule has 0 aliphatic rings. The molecular weight excluding hydrogens is 308 g/mol. The predicted molar refractivity (Wildman–Crippen MR) is 80.4 cm³/mol. The Kier molecular flexibility index (Phi) is 4.22. The molecule has 22 heavy (non-hydrogen) atoms. The van der Waals surface area contributed by atoms with E-state index in [-0.39, 0.29) is 22.1 Å². The third-order valence-electron chi connectivity index (χ3n) is 2.88. The van der Waals surface area contributed by atoms with Crippen LogP contribution < -0.4 is 4.72 Å². The molecule has 7 nitrogen and oxygen atoms in total. The number of benzene rings is 2. The molecule has 0 radical (unpaired) electrons. The monoisotopic (exact) mass is 320 g/mol. The van der Waals surface area contributed by atoms with E-state index in [2.05, 4.69) is 4.72 Å². The summed E-state index contributed by atoms with van der Waals surface area (Å²) in [6, 6.07) is 10.6. The second-order valence-corrected chi connectivity index (χ2v) is 6.18. The van der Waals surface area contributed by atoms with Crippen LogP contribution in [0.4, 0.5) is 11.4 Å². The molecule has 8 heteroatoms. The summed E-state index contributed by atoms with van der Waals surface area (Å²) in [4.78, 5) is 21.2. The van der Waals surface area contributed by atoms with Gasteiger partial charge >= 0.3 is 0 Å². The van der Waals surface area contributed by atoms with Crippen molar-refractivity contribution in [3.63, 3.8) is 0 Å². The van der Waals surface area contributed by atoms with Crippen molar-refractivity contribution in [2.24, 2.45) is 0 Å². The molecule has 2 aromatic rings. The number of ketones is 1. The third kappa shape index (κ3) is 3.47. The summed E-state index contributed by atoms with van der Waals surface area (Å²) in [5, 5.41) is 10.7. The molecule has 2 aromatic carbocycles. The molecule has 0 aliphatic heterocycles. The fourth-order valence-corrected chi connectivity index (χ4v) is 2.82. The van der Waals surface area contributed by atoms with Gasteiger partial charge in [-0.1, -0.05) is 18.2 Å². The van der Waals surface area contributed by atoms with Crippen molar-refractivity contribution in [1.82, 2.24) is 0 Å². The Hall–Kier alpha value is -2.74. The Bertz CT molecular complexity index is 829. The van der Waals surface area contributed by atoms with Crippen LogP contribution in [0.2, 0.25) is 0 Å². The van der Waals surface area contributed by atoms with Crippen LogP contribution in [0.1, 0.15) is 17.3 Å². The number of anilines is 1. The minimum absolute atomic E-state index is 0.0380. The van der Waals surface area contributed by atoms with Crippen LogP contribution in [0.3, 0.4) is 0 Å². The zero-order valence-corrected chi connectivity index (χ0v) is 12.3. The standard InChI is InChI=1S/C14H12N2O5S/c1-10(17)11-5-7-14(8-6-11)22(20,21)15-12-3-2-4-13(9-12)16(18)19/h2-9,15H,1H3. The number of rotatable bonds is 5. The summed E-state index contributed by atoms with van der Waals surface area (Å²) >= 11 is 0. The molecule has 114 valence electrons. The molecule has 0 unspecified atom stereocenters. The highest BCUT2D eigenvalue weighted by Gasteiger charge is 2.16. The predicted octanol–water partition coefficient (Wildman–Crippen LogP) is 2.60. The lowest BCUT2D eigenvalue weighted by atomic mass is 10.2. The van der Waals surface area contributed by atoms with Gasteiger partial charge in [0.1, 0.15) is 0 Å². The number of carbonyl (C=O) groups excluding carboxylic acids is 1. The van der Waals surface area contributed by atoms with E-state index in [1.165, 1.54) is 49.4 Å². The summed E-state index contributed by atoms with van der Waals surface area (Å²) in [5.74, 6) is -0.171. The molecule has 0 atom stereocenters. The topological polar surface area (TPSA) is 106 Å². The maximum Gasteiger partial charge on any atom is 0.271 e. The average molecular weight is 320 g/mol. The molecule has 0 saturated carbocycles. The lowest BCUT2D eigenvalue weighted by molar-refractivity contribution is -0.384. The van der Waals surface area contributed by atoms with Gasteiger partial charge in [-0.2, -0.15) is 0 Å². The summed E-state index contributed by atoms with van der Waals surface area (Å²) in [6.07, 6.45) is 0. The van der Waals surface area contributed by atoms with E-state index in [4.69, 9.17) is 0 Å². The Morgan fingerprint density at radius 1 is 1.14 bits per heavy atom. The molecule has 0 amide bonds. The molecule has 0 bridgehead atoms. The van der Waals surface area contributed by atoms with Crippen molar-refractivity contribution in [3.8, 4) is 0 Å². The number of nitrogens with zero attached hydrogens (tertiary/aromatic N) is 1. The Labute approximate surface area is 126 Å². The maximum absolute atomic E-state index is 12.2. The quantitative estimate of drug-likeness (QED) is 0.517. The molecule has 0 fully saturated rings. The smallest absolute Gasteiger partial charge is 0.271 e. The van der Waals surface area contributed by atoms with Gasteiger partial charge in [-0.15, -0.1) is 0 Å². The summed E-state index contributed by atoms with van der Waals surface area (Å²) in [7, 11) is -3.88. The first kappa shape index (κ1) is 15.6.